The fourth-order valence-corrected chi connectivity index (χ4v) is 5.91. The zero-order valence-electron chi connectivity index (χ0n) is 22.9. The van der Waals surface area contributed by atoms with Gasteiger partial charge in [0.05, 0.1) is 11.4 Å². The van der Waals surface area contributed by atoms with Crippen molar-refractivity contribution in [2.75, 3.05) is 4.90 Å². The molecule has 0 fully saturated rings. The molecule has 0 spiro atoms. The Balaban J connectivity index is 1.61. The van der Waals surface area contributed by atoms with Gasteiger partial charge in [0, 0.05) is 37.6 Å². The summed E-state index contributed by atoms with van der Waals surface area (Å²) < 4.78 is 31.9. The van der Waals surface area contributed by atoms with Gasteiger partial charge in [0.1, 0.15) is 22.6 Å². The number of aromatic nitrogens is 2. The average Bonchev–Trinajstić information content (AvgIpc) is 3.35. The molecule has 4 rings (SSSR count). The van der Waals surface area contributed by atoms with Crippen molar-refractivity contribution in [3.05, 3.63) is 101 Å². The van der Waals surface area contributed by atoms with Crippen LogP contribution in [0.3, 0.4) is 0 Å². The third-order valence-corrected chi connectivity index (χ3v) is 8.28. The second kappa shape index (κ2) is 13.6. The van der Waals surface area contributed by atoms with Crippen LogP contribution in [-0.2, 0) is 35.8 Å². The van der Waals surface area contributed by atoms with Crippen LogP contribution in [0.25, 0.3) is 0 Å². The number of halogens is 1. The van der Waals surface area contributed by atoms with Gasteiger partial charge < -0.3 is 9.47 Å². The Morgan fingerprint density at radius 2 is 2.10 bits per heavy atom. The molecule has 1 aromatic heterocycles. The van der Waals surface area contributed by atoms with Gasteiger partial charge in [-0.05, 0) is 80.5 Å². The highest BCUT2D eigenvalue weighted by atomic mass is 32.2. The number of allylic oxidation sites excluding steroid dienone is 4. The Kier molecular flexibility index (Phi) is 10.0. The van der Waals surface area contributed by atoms with Crippen LogP contribution in [-0.4, -0.2) is 19.7 Å². The number of carbonyl (C=O) groups is 1. The van der Waals surface area contributed by atoms with Crippen molar-refractivity contribution in [2.45, 2.75) is 69.9 Å². The van der Waals surface area contributed by atoms with Crippen molar-refractivity contribution in [2.24, 2.45) is 7.05 Å². The molecule has 39 heavy (non-hydrogen) atoms. The van der Waals surface area contributed by atoms with Gasteiger partial charge in [-0.2, -0.15) is 0 Å². The van der Waals surface area contributed by atoms with Crippen LogP contribution in [0.2, 0.25) is 0 Å². The van der Waals surface area contributed by atoms with Gasteiger partial charge >= 0.3 is 0 Å². The van der Waals surface area contributed by atoms with E-state index in [-0.39, 0.29) is 11.9 Å². The number of hydrogen-bond acceptors (Lipinski definition) is 3. The molecule has 1 aliphatic carbocycles. The summed E-state index contributed by atoms with van der Waals surface area (Å²) in [6.45, 7) is 4.44. The van der Waals surface area contributed by atoms with Gasteiger partial charge in [0.15, 0.2) is 0 Å². The maximum Gasteiger partial charge on any atom is 0.227 e. The first-order valence-electron chi connectivity index (χ1n) is 13.5. The van der Waals surface area contributed by atoms with Crippen molar-refractivity contribution in [1.29, 1.82) is 0 Å². The lowest BCUT2D eigenvalue weighted by Gasteiger charge is -2.29. The van der Waals surface area contributed by atoms with E-state index in [1.54, 1.807) is 23.2 Å². The van der Waals surface area contributed by atoms with Crippen molar-refractivity contribution in [1.82, 2.24) is 14.3 Å². The van der Waals surface area contributed by atoms with Crippen LogP contribution in [0.5, 0.6) is 0 Å². The summed E-state index contributed by atoms with van der Waals surface area (Å²) in [5.41, 5.74) is 4.12. The number of anilines is 1. The Bertz CT molecular complexity index is 1380. The van der Waals surface area contributed by atoms with Gasteiger partial charge in [0.25, 0.3) is 0 Å². The molecule has 1 aliphatic rings. The fourth-order valence-electron chi connectivity index (χ4n) is 4.85. The predicted octanol–water partition coefficient (Wildman–Crippen LogP) is 6.47. The first-order chi connectivity index (χ1) is 18.9. The van der Waals surface area contributed by atoms with Crippen LogP contribution >= 0.6 is 0 Å². The Morgan fingerprint density at radius 3 is 2.82 bits per heavy atom. The highest BCUT2D eigenvalue weighted by Crippen LogP contribution is 2.34. The number of carbonyl (C=O) groups excluding carboxylic acids is 1. The first-order valence-corrected chi connectivity index (χ1v) is 14.7. The first kappa shape index (κ1) is 28.6. The molecule has 0 saturated heterocycles. The van der Waals surface area contributed by atoms with E-state index in [4.69, 9.17) is 0 Å². The van der Waals surface area contributed by atoms with Gasteiger partial charge in [-0.15, -0.1) is 0 Å². The molecule has 2 unspecified atom stereocenters. The van der Waals surface area contributed by atoms with E-state index in [9.17, 15) is 13.4 Å². The monoisotopic (exact) mass is 548 g/mol. The largest absolute Gasteiger partial charge is 0.337 e. The highest BCUT2D eigenvalue weighted by molar-refractivity contribution is 7.83. The number of rotatable bonds is 11. The number of fused-ring (bicyclic) bond motifs is 1. The molecule has 0 bridgehead atoms. The van der Waals surface area contributed by atoms with E-state index < -0.39 is 16.8 Å². The van der Waals surface area contributed by atoms with Crippen molar-refractivity contribution in [3.63, 3.8) is 0 Å². The topological polar surface area (TPSA) is 67.2 Å². The van der Waals surface area contributed by atoms with E-state index in [0.717, 1.165) is 48.3 Å². The summed E-state index contributed by atoms with van der Waals surface area (Å²) in [6.07, 6.45) is 14.5. The van der Waals surface area contributed by atoms with Crippen LogP contribution in [0.4, 0.5) is 10.1 Å². The van der Waals surface area contributed by atoms with Crippen LogP contribution in [0.15, 0.2) is 83.6 Å². The van der Waals surface area contributed by atoms with Crippen LogP contribution < -0.4 is 9.62 Å². The molecule has 206 valence electrons. The van der Waals surface area contributed by atoms with Gasteiger partial charge in [-0.3, -0.25) is 4.79 Å². The van der Waals surface area contributed by atoms with Crippen molar-refractivity contribution < 1.29 is 13.4 Å². The van der Waals surface area contributed by atoms with E-state index in [2.05, 4.69) is 40.9 Å². The number of benzene rings is 2. The molecule has 3 aromatic rings. The maximum atomic E-state index is 13.7. The molecule has 0 saturated carbocycles. The lowest BCUT2D eigenvalue weighted by atomic mass is 9.87. The van der Waals surface area contributed by atoms with Crippen molar-refractivity contribution >= 4 is 22.6 Å². The average molecular weight is 549 g/mol. The number of nitrogens with one attached hydrogen (secondary N) is 1. The van der Waals surface area contributed by atoms with Crippen LogP contribution in [0.1, 0.15) is 68.9 Å². The molecule has 1 heterocycles. The standard InChI is InChI=1S/C31H37FN4O2S/c1-4-6-9-23(5-2)14-17-31(37)36(22-30-33-18-19-35(30)3)26-16-15-24-10-7-13-29(28(24)21-26)34-39(38)27-12-8-11-25(32)20-27/h5-6,8-9,11-12,15-16,18-21,29,34H,4,7,10,13-14,17,22H2,1-3H3/b9-6-,23-5+. The minimum Gasteiger partial charge on any atom is -0.337 e. The summed E-state index contributed by atoms with van der Waals surface area (Å²) in [7, 11) is 0.361. The molecular weight excluding hydrogens is 511 g/mol. The molecule has 8 heteroatoms. The summed E-state index contributed by atoms with van der Waals surface area (Å²) in [4.78, 5) is 20.3. The minimum atomic E-state index is -1.56. The van der Waals surface area contributed by atoms with Gasteiger partial charge in [-0.1, -0.05) is 42.9 Å². The Hall–Kier alpha value is -3.36. The van der Waals surface area contributed by atoms with E-state index in [1.165, 1.54) is 17.7 Å². The molecule has 2 atom stereocenters. The third-order valence-electron chi connectivity index (χ3n) is 7.10. The molecule has 6 nitrogen and oxygen atoms in total. The van der Waals surface area contributed by atoms with E-state index in [0.29, 0.717) is 24.3 Å². The number of hydrogen-bond donors (Lipinski definition) is 1. The highest BCUT2D eigenvalue weighted by Gasteiger charge is 2.25. The van der Waals surface area contributed by atoms with Gasteiger partial charge in [-0.25, -0.2) is 18.3 Å². The van der Waals surface area contributed by atoms with Crippen molar-refractivity contribution in [3.8, 4) is 0 Å². The third kappa shape index (κ3) is 7.40. The molecule has 0 radical (unpaired) electrons. The normalized spacial score (nSPS) is 16.3. The molecule has 0 aliphatic heterocycles. The Labute approximate surface area is 233 Å². The van der Waals surface area contributed by atoms with Crippen LogP contribution in [0, 0.1) is 5.82 Å². The molecule has 2 aromatic carbocycles. The summed E-state index contributed by atoms with van der Waals surface area (Å²) in [5.74, 6) is 0.398. The lowest BCUT2D eigenvalue weighted by molar-refractivity contribution is -0.118. The number of imidazole rings is 1. The maximum absolute atomic E-state index is 13.7. The molecular formula is C31H37FN4O2S. The zero-order chi connectivity index (χ0) is 27.8. The zero-order valence-corrected chi connectivity index (χ0v) is 23.7. The number of amides is 1. The molecule has 1 N–H and O–H groups in total. The van der Waals surface area contributed by atoms with E-state index >= 15 is 0 Å². The molecule has 1 amide bonds. The lowest BCUT2D eigenvalue weighted by Crippen LogP contribution is -2.32. The fraction of sp³-hybridized carbons (Fsp3) is 0.355. The minimum absolute atomic E-state index is 0.0193. The second-order valence-corrected chi connectivity index (χ2v) is 11.0. The number of nitrogens with zero attached hydrogens (tertiary/aromatic N) is 3. The Morgan fingerprint density at radius 1 is 1.26 bits per heavy atom. The smallest absolute Gasteiger partial charge is 0.227 e. The summed E-state index contributed by atoms with van der Waals surface area (Å²) in [6, 6.07) is 11.8. The van der Waals surface area contributed by atoms with Gasteiger partial charge in [0.2, 0.25) is 5.91 Å². The summed E-state index contributed by atoms with van der Waals surface area (Å²) >= 11 is 0. The number of aryl methyl sites for hydroxylation is 2. The summed E-state index contributed by atoms with van der Waals surface area (Å²) in [5, 5.41) is 0. The second-order valence-electron chi connectivity index (χ2n) is 9.78. The SMILES string of the molecule is C/C=C(\C=C/CC)CCC(=O)N(Cc1nccn1C)c1ccc2c(c1)C(NS(=O)c1cccc(F)c1)CCC2. The van der Waals surface area contributed by atoms with E-state index in [1.807, 2.05) is 36.9 Å². The quantitative estimate of drug-likeness (QED) is 0.279. The predicted molar refractivity (Wildman–Crippen MR) is 155 cm³/mol.